The molecule has 0 aliphatic rings. The van der Waals surface area contributed by atoms with Crippen LogP contribution in [0, 0.1) is 0 Å². The fraction of sp³-hybridized carbons (Fsp3) is 0.0667. The Balaban J connectivity index is 0.00000420. The maximum Gasteiger partial charge on any atom is 1.00 e. The van der Waals surface area contributed by atoms with E-state index >= 15 is 0 Å². The van der Waals surface area contributed by atoms with Crippen LogP contribution >= 0.6 is 0 Å². The van der Waals surface area contributed by atoms with E-state index in [2.05, 4.69) is 0 Å². The normalized spacial score (nSPS) is 10.0. The molecule has 4 N–H and O–H groups in total. The van der Waals surface area contributed by atoms with Gasteiger partial charge in [-0.25, -0.2) is 19.2 Å². The third-order valence-corrected chi connectivity index (χ3v) is 6.54. The summed E-state index contributed by atoms with van der Waals surface area (Å²) >= 11 is 0. The summed E-state index contributed by atoms with van der Waals surface area (Å²) < 4.78 is 0. The standard InChI is InChI=1S/C30H22O8.4K/c31-26(32)19-3-1-18(2-4-19)17-30(23-11-5-20(6-12-23)27(33)34,24-13-7-21(8-14-24)28(35)36)25-15-9-22(10-16-25)29(37)38;;;;/h1-16H,17H2,(H,31,32)(H,33,34)(H,35,36)(H,37,38);;;;/q;4*+1. The van der Waals surface area contributed by atoms with Crippen molar-refractivity contribution < 1.29 is 245 Å². The average molecular weight is 667 g/mol. The number of hydrogen-bond donors (Lipinski definition) is 4. The fourth-order valence-corrected chi connectivity index (χ4v) is 4.57. The second kappa shape index (κ2) is 19.8. The Kier molecular flexibility index (Phi) is 20.5. The summed E-state index contributed by atoms with van der Waals surface area (Å²) in [6.45, 7) is 0. The Bertz CT molecular complexity index is 1380. The number of aromatic carboxylic acids is 4. The van der Waals surface area contributed by atoms with Gasteiger partial charge in [0, 0.05) is 5.41 Å². The molecule has 0 bridgehead atoms. The van der Waals surface area contributed by atoms with E-state index in [0.29, 0.717) is 16.7 Å². The quantitative estimate of drug-likeness (QED) is 0.102. The minimum Gasteiger partial charge on any atom is -0.478 e. The molecule has 0 fully saturated rings. The predicted molar refractivity (Wildman–Crippen MR) is 137 cm³/mol. The second-order valence-corrected chi connectivity index (χ2v) is 8.73. The van der Waals surface area contributed by atoms with Gasteiger partial charge in [0.2, 0.25) is 0 Å². The Morgan fingerprint density at radius 3 is 0.833 bits per heavy atom. The smallest absolute Gasteiger partial charge is 0.478 e. The van der Waals surface area contributed by atoms with Crippen LogP contribution < -0.4 is 206 Å². The third kappa shape index (κ3) is 10.4. The van der Waals surface area contributed by atoms with E-state index in [9.17, 15) is 39.6 Å². The van der Waals surface area contributed by atoms with Gasteiger partial charge in [0.15, 0.2) is 0 Å². The van der Waals surface area contributed by atoms with Crippen LogP contribution in [0.2, 0.25) is 0 Å². The van der Waals surface area contributed by atoms with Gasteiger partial charge >= 0.3 is 229 Å². The van der Waals surface area contributed by atoms with Gasteiger partial charge < -0.3 is 20.4 Å². The zero-order chi connectivity index (χ0) is 27.4. The van der Waals surface area contributed by atoms with E-state index in [1.165, 1.54) is 48.5 Å². The van der Waals surface area contributed by atoms with Crippen LogP contribution in [0.15, 0.2) is 97.1 Å². The van der Waals surface area contributed by atoms with Crippen molar-refractivity contribution in [1.82, 2.24) is 0 Å². The van der Waals surface area contributed by atoms with Gasteiger partial charge in [-0.15, -0.1) is 0 Å². The van der Waals surface area contributed by atoms with E-state index < -0.39 is 29.3 Å². The van der Waals surface area contributed by atoms with Crippen molar-refractivity contribution in [2.45, 2.75) is 11.8 Å². The molecule has 190 valence electrons. The van der Waals surface area contributed by atoms with Crippen LogP contribution in [-0.2, 0) is 11.8 Å². The number of benzene rings is 4. The monoisotopic (exact) mass is 666 g/mol. The SMILES string of the molecule is O=C(O)c1ccc(CC(c2ccc(C(=O)O)cc2)(c2ccc(C(=O)O)cc2)c2ccc(C(=O)O)cc2)cc1.[K+].[K+].[K+].[K+]. The summed E-state index contributed by atoms with van der Waals surface area (Å²) in [5, 5.41) is 37.6. The summed E-state index contributed by atoms with van der Waals surface area (Å²) in [6.07, 6.45) is 0.276. The molecule has 8 nitrogen and oxygen atoms in total. The molecule has 0 saturated heterocycles. The Morgan fingerprint density at radius 1 is 0.405 bits per heavy atom. The maximum absolute atomic E-state index is 11.5. The van der Waals surface area contributed by atoms with Crippen molar-refractivity contribution in [1.29, 1.82) is 0 Å². The van der Waals surface area contributed by atoms with Crippen LogP contribution in [0.3, 0.4) is 0 Å². The first-order valence-electron chi connectivity index (χ1n) is 11.5. The van der Waals surface area contributed by atoms with Gasteiger partial charge in [-0.3, -0.25) is 0 Å². The van der Waals surface area contributed by atoms with Crippen LogP contribution in [0.1, 0.15) is 63.7 Å². The van der Waals surface area contributed by atoms with Gasteiger partial charge in [0.25, 0.3) is 0 Å². The molecule has 12 heteroatoms. The fourth-order valence-electron chi connectivity index (χ4n) is 4.57. The number of carbonyl (C=O) groups is 4. The van der Waals surface area contributed by atoms with Crippen molar-refractivity contribution in [2.75, 3.05) is 0 Å². The molecule has 0 saturated carbocycles. The minimum absolute atomic E-state index is 0. The van der Waals surface area contributed by atoms with E-state index in [1.54, 1.807) is 48.5 Å². The summed E-state index contributed by atoms with van der Waals surface area (Å²) in [5.41, 5.74) is 2.12. The van der Waals surface area contributed by atoms with Crippen molar-refractivity contribution in [3.8, 4) is 0 Å². The summed E-state index contributed by atoms with van der Waals surface area (Å²) in [4.78, 5) is 45.9. The van der Waals surface area contributed by atoms with E-state index in [-0.39, 0.29) is 234 Å². The molecular formula is C30H22K4O8+4. The molecule has 0 spiro atoms. The van der Waals surface area contributed by atoms with Crippen molar-refractivity contribution >= 4 is 23.9 Å². The molecule has 0 unspecified atom stereocenters. The second-order valence-electron chi connectivity index (χ2n) is 8.73. The van der Waals surface area contributed by atoms with Crippen LogP contribution in [0.5, 0.6) is 0 Å². The Morgan fingerprint density at radius 2 is 0.619 bits per heavy atom. The van der Waals surface area contributed by atoms with Crippen LogP contribution in [0.4, 0.5) is 0 Å². The molecule has 0 aliphatic carbocycles. The third-order valence-electron chi connectivity index (χ3n) is 6.54. The molecule has 42 heavy (non-hydrogen) atoms. The molecule has 4 aromatic carbocycles. The summed E-state index contributed by atoms with van der Waals surface area (Å²) in [6, 6.07) is 25.2. The van der Waals surface area contributed by atoms with E-state index in [0.717, 1.165) is 5.56 Å². The van der Waals surface area contributed by atoms with Crippen molar-refractivity contribution in [3.63, 3.8) is 0 Å². The van der Waals surface area contributed by atoms with Crippen molar-refractivity contribution in [2.24, 2.45) is 0 Å². The Labute approximate surface area is 412 Å². The first-order valence-corrected chi connectivity index (χ1v) is 11.5. The molecule has 0 atom stereocenters. The molecule has 4 rings (SSSR count). The molecule has 0 heterocycles. The molecule has 4 aromatic rings. The van der Waals surface area contributed by atoms with Gasteiger partial charge in [0.05, 0.1) is 22.3 Å². The zero-order valence-corrected chi connectivity index (χ0v) is 36.4. The van der Waals surface area contributed by atoms with Gasteiger partial charge in [-0.2, -0.15) is 0 Å². The summed E-state index contributed by atoms with van der Waals surface area (Å²) in [5.74, 6) is -4.35. The van der Waals surface area contributed by atoms with Crippen LogP contribution in [0.25, 0.3) is 0 Å². The van der Waals surface area contributed by atoms with Gasteiger partial charge in [-0.05, 0) is 77.2 Å². The molecule has 0 radical (unpaired) electrons. The topological polar surface area (TPSA) is 149 Å². The Hall–Kier alpha value is 1.31. The first-order chi connectivity index (χ1) is 18.1. The molecular weight excluding hydrogens is 645 g/mol. The predicted octanol–water partition coefficient (Wildman–Crippen LogP) is -6.93. The van der Waals surface area contributed by atoms with E-state index in [1.807, 2.05) is 0 Å². The maximum atomic E-state index is 11.5. The number of hydrogen-bond acceptors (Lipinski definition) is 4. The molecule has 0 aliphatic heterocycles. The largest absolute Gasteiger partial charge is 1.00 e. The first kappa shape index (κ1) is 43.3. The van der Waals surface area contributed by atoms with Crippen LogP contribution in [-0.4, -0.2) is 44.3 Å². The van der Waals surface area contributed by atoms with E-state index in [4.69, 9.17) is 0 Å². The van der Waals surface area contributed by atoms with Gasteiger partial charge in [-0.1, -0.05) is 48.5 Å². The number of rotatable bonds is 9. The van der Waals surface area contributed by atoms with Crippen molar-refractivity contribution in [3.05, 3.63) is 142 Å². The minimum atomic E-state index is -1.09. The number of carboxylic acids is 4. The zero-order valence-electron chi connectivity index (χ0n) is 23.9. The molecule has 0 amide bonds. The molecule has 0 aromatic heterocycles. The number of carboxylic acid groups (broad SMARTS) is 4. The summed E-state index contributed by atoms with van der Waals surface area (Å²) in [7, 11) is 0. The average Bonchev–Trinajstić information content (AvgIpc) is 2.92. The van der Waals surface area contributed by atoms with Gasteiger partial charge in [0.1, 0.15) is 0 Å².